The van der Waals surface area contributed by atoms with Gasteiger partial charge >= 0.3 is 0 Å². The van der Waals surface area contributed by atoms with Crippen LogP contribution in [0.2, 0.25) is 0 Å². The highest BCUT2D eigenvalue weighted by Crippen LogP contribution is 2.26. The Kier molecular flexibility index (Phi) is 5.98. The Hall–Kier alpha value is -2.28. The van der Waals surface area contributed by atoms with Gasteiger partial charge in [-0.1, -0.05) is 0 Å². The number of carbonyl (C=O) groups is 2. The van der Waals surface area contributed by atoms with E-state index in [0.717, 1.165) is 19.4 Å². The van der Waals surface area contributed by atoms with Crippen LogP contribution >= 0.6 is 0 Å². The number of rotatable bonds is 5. The van der Waals surface area contributed by atoms with Crippen molar-refractivity contribution in [1.82, 2.24) is 15.1 Å². The van der Waals surface area contributed by atoms with Gasteiger partial charge in [-0.15, -0.1) is 0 Å². The summed E-state index contributed by atoms with van der Waals surface area (Å²) in [5.74, 6) is 1.25. The minimum Gasteiger partial charge on any atom is -0.497 e. The number of benzene rings is 1. The Morgan fingerprint density at radius 1 is 1.12 bits per heavy atom. The molecule has 1 unspecified atom stereocenters. The lowest BCUT2D eigenvalue weighted by Gasteiger charge is -2.35. The molecule has 0 aliphatic carbocycles. The topological polar surface area (TPSA) is 71.1 Å². The number of amides is 2. The van der Waals surface area contributed by atoms with Crippen LogP contribution in [0, 0.1) is 0 Å². The van der Waals surface area contributed by atoms with E-state index in [2.05, 4.69) is 5.32 Å². The minimum absolute atomic E-state index is 0.0749. The van der Waals surface area contributed by atoms with Gasteiger partial charge in [0.1, 0.15) is 11.5 Å². The van der Waals surface area contributed by atoms with E-state index in [1.165, 1.54) is 0 Å². The standard InChI is InChI=1S/C19H27N3O4/c1-25-15-5-6-16(17(13-15)26-2)19(24)22-10-8-21(9-11-22)18(23)12-14-4-3-7-20-14/h5-6,13-14,20H,3-4,7-12H2,1-2H3. The van der Waals surface area contributed by atoms with Gasteiger partial charge in [-0.2, -0.15) is 0 Å². The molecule has 7 heteroatoms. The van der Waals surface area contributed by atoms with Gasteiger partial charge in [0.2, 0.25) is 5.91 Å². The van der Waals surface area contributed by atoms with Crippen LogP contribution in [-0.4, -0.2) is 74.6 Å². The van der Waals surface area contributed by atoms with Gasteiger partial charge in [0.05, 0.1) is 19.8 Å². The van der Waals surface area contributed by atoms with Crippen molar-refractivity contribution in [2.24, 2.45) is 0 Å². The Morgan fingerprint density at radius 3 is 2.46 bits per heavy atom. The maximum absolute atomic E-state index is 12.8. The Bertz CT molecular complexity index is 650. The highest BCUT2D eigenvalue weighted by atomic mass is 16.5. The first-order chi connectivity index (χ1) is 12.6. The van der Waals surface area contributed by atoms with Crippen LogP contribution in [0.15, 0.2) is 18.2 Å². The Morgan fingerprint density at radius 2 is 1.85 bits per heavy atom. The van der Waals surface area contributed by atoms with Gasteiger partial charge < -0.3 is 24.6 Å². The molecule has 3 rings (SSSR count). The lowest BCUT2D eigenvalue weighted by molar-refractivity contribution is -0.133. The number of hydrogen-bond donors (Lipinski definition) is 1. The fourth-order valence-corrected chi connectivity index (χ4v) is 3.58. The summed E-state index contributed by atoms with van der Waals surface area (Å²) in [5, 5.41) is 3.36. The van der Waals surface area contributed by atoms with Crippen molar-refractivity contribution in [3.05, 3.63) is 23.8 Å². The molecule has 142 valence electrons. The van der Waals surface area contributed by atoms with E-state index in [-0.39, 0.29) is 11.8 Å². The molecule has 1 N–H and O–H groups in total. The molecule has 2 heterocycles. The van der Waals surface area contributed by atoms with E-state index in [4.69, 9.17) is 9.47 Å². The van der Waals surface area contributed by atoms with Gasteiger partial charge in [0.15, 0.2) is 0 Å². The van der Waals surface area contributed by atoms with Gasteiger partial charge in [-0.25, -0.2) is 0 Å². The molecule has 2 amide bonds. The van der Waals surface area contributed by atoms with E-state index >= 15 is 0 Å². The van der Waals surface area contributed by atoms with Crippen molar-refractivity contribution in [1.29, 1.82) is 0 Å². The summed E-state index contributed by atoms with van der Waals surface area (Å²) in [5.41, 5.74) is 0.517. The highest BCUT2D eigenvalue weighted by molar-refractivity contribution is 5.97. The molecular weight excluding hydrogens is 334 g/mol. The highest BCUT2D eigenvalue weighted by Gasteiger charge is 2.28. The van der Waals surface area contributed by atoms with Crippen molar-refractivity contribution in [3.63, 3.8) is 0 Å². The molecule has 0 aromatic heterocycles. The van der Waals surface area contributed by atoms with Crippen molar-refractivity contribution in [2.75, 3.05) is 46.9 Å². The summed E-state index contributed by atoms with van der Waals surface area (Å²) in [6, 6.07) is 5.50. The summed E-state index contributed by atoms with van der Waals surface area (Å²) in [7, 11) is 3.12. The first kappa shape index (κ1) is 18.5. The predicted molar refractivity (Wildman–Crippen MR) is 97.7 cm³/mol. The minimum atomic E-state index is -0.0749. The molecule has 7 nitrogen and oxygen atoms in total. The van der Waals surface area contributed by atoms with Gasteiger partial charge in [-0.05, 0) is 31.5 Å². The molecule has 1 atom stereocenters. The molecule has 2 aliphatic heterocycles. The lowest BCUT2D eigenvalue weighted by Crippen LogP contribution is -2.51. The molecule has 0 radical (unpaired) electrons. The van der Waals surface area contributed by atoms with Crippen LogP contribution in [0.25, 0.3) is 0 Å². The molecule has 1 aromatic rings. The Balaban J connectivity index is 1.57. The monoisotopic (exact) mass is 361 g/mol. The molecule has 1 aromatic carbocycles. The molecular formula is C19H27N3O4. The molecule has 2 saturated heterocycles. The fraction of sp³-hybridized carbons (Fsp3) is 0.579. The molecule has 0 spiro atoms. The second-order valence-electron chi connectivity index (χ2n) is 6.74. The molecule has 0 saturated carbocycles. The van der Waals surface area contributed by atoms with Gasteiger partial charge in [-0.3, -0.25) is 9.59 Å². The van der Waals surface area contributed by atoms with Crippen LogP contribution in [-0.2, 0) is 4.79 Å². The number of nitrogens with zero attached hydrogens (tertiary/aromatic N) is 2. The van der Waals surface area contributed by atoms with E-state index in [0.29, 0.717) is 55.7 Å². The number of hydrogen-bond acceptors (Lipinski definition) is 5. The number of piperazine rings is 1. The van der Waals surface area contributed by atoms with E-state index in [9.17, 15) is 9.59 Å². The first-order valence-corrected chi connectivity index (χ1v) is 9.15. The van der Waals surface area contributed by atoms with Crippen molar-refractivity contribution in [3.8, 4) is 11.5 Å². The maximum atomic E-state index is 12.8. The largest absolute Gasteiger partial charge is 0.497 e. The number of nitrogens with one attached hydrogen (secondary N) is 1. The van der Waals surface area contributed by atoms with E-state index in [1.54, 1.807) is 37.3 Å². The predicted octanol–water partition coefficient (Wildman–Crippen LogP) is 1.13. The summed E-state index contributed by atoms with van der Waals surface area (Å²) in [4.78, 5) is 28.9. The number of methoxy groups -OCH3 is 2. The van der Waals surface area contributed by atoms with Crippen LogP contribution in [0.3, 0.4) is 0 Å². The molecule has 2 fully saturated rings. The Labute approximate surface area is 154 Å². The van der Waals surface area contributed by atoms with Gasteiger partial charge in [0, 0.05) is 44.7 Å². The normalized spacial score (nSPS) is 20.2. The average molecular weight is 361 g/mol. The van der Waals surface area contributed by atoms with Crippen molar-refractivity contribution in [2.45, 2.75) is 25.3 Å². The SMILES string of the molecule is COc1ccc(C(=O)N2CCN(C(=O)CC3CCCN3)CC2)c(OC)c1. The lowest BCUT2D eigenvalue weighted by atomic mass is 10.1. The van der Waals surface area contributed by atoms with E-state index in [1.807, 2.05) is 4.90 Å². The number of carbonyl (C=O) groups excluding carboxylic acids is 2. The fourth-order valence-electron chi connectivity index (χ4n) is 3.58. The van der Waals surface area contributed by atoms with Crippen LogP contribution < -0.4 is 14.8 Å². The summed E-state index contributed by atoms with van der Waals surface area (Å²) >= 11 is 0. The van der Waals surface area contributed by atoms with Crippen LogP contribution in [0.1, 0.15) is 29.6 Å². The molecule has 26 heavy (non-hydrogen) atoms. The maximum Gasteiger partial charge on any atom is 0.257 e. The van der Waals surface area contributed by atoms with Gasteiger partial charge in [0.25, 0.3) is 5.91 Å². The van der Waals surface area contributed by atoms with Crippen molar-refractivity contribution >= 4 is 11.8 Å². The third-order valence-electron chi connectivity index (χ3n) is 5.14. The summed E-state index contributed by atoms with van der Waals surface area (Å²) in [6.07, 6.45) is 2.77. The zero-order valence-corrected chi connectivity index (χ0v) is 15.5. The zero-order valence-electron chi connectivity index (χ0n) is 15.5. The van der Waals surface area contributed by atoms with Crippen molar-refractivity contribution < 1.29 is 19.1 Å². The van der Waals surface area contributed by atoms with Crippen LogP contribution in [0.4, 0.5) is 0 Å². The number of ether oxygens (including phenoxy) is 2. The molecule has 2 aliphatic rings. The summed E-state index contributed by atoms with van der Waals surface area (Å²) < 4.78 is 10.5. The second-order valence-corrected chi connectivity index (χ2v) is 6.74. The smallest absolute Gasteiger partial charge is 0.257 e. The third-order valence-corrected chi connectivity index (χ3v) is 5.14. The third kappa shape index (κ3) is 4.09. The zero-order chi connectivity index (χ0) is 18.5. The van der Waals surface area contributed by atoms with E-state index < -0.39 is 0 Å². The average Bonchev–Trinajstić information content (AvgIpc) is 3.20. The first-order valence-electron chi connectivity index (χ1n) is 9.15. The quantitative estimate of drug-likeness (QED) is 0.851. The van der Waals surface area contributed by atoms with Crippen LogP contribution in [0.5, 0.6) is 11.5 Å². The molecule has 0 bridgehead atoms. The summed E-state index contributed by atoms with van der Waals surface area (Å²) in [6.45, 7) is 3.24. The second kappa shape index (κ2) is 8.40.